The molecule has 1 aliphatic carbocycles. The fourth-order valence-corrected chi connectivity index (χ4v) is 4.73. The number of hydrogen-bond acceptors (Lipinski definition) is 4. The number of hydrogen-bond donors (Lipinski definition) is 0. The summed E-state index contributed by atoms with van der Waals surface area (Å²) in [5.41, 5.74) is 3.47. The fourth-order valence-electron chi connectivity index (χ4n) is 3.51. The minimum atomic E-state index is 0.0225. The largest absolute Gasteiger partial charge is 0.294 e. The molecule has 0 saturated carbocycles. The third-order valence-corrected chi connectivity index (χ3v) is 5.87. The molecule has 120 valence electrons. The van der Waals surface area contributed by atoms with Crippen LogP contribution in [0.4, 0.5) is 0 Å². The Hall–Kier alpha value is -1.95. The molecule has 0 saturated heterocycles. The van der Waals surface area contributed by atoms with Gasteiger partial charge in [-0.1, -0.05) is 0 Å². The van der Waals surface area contributed by atoms with E-state index >= 15 is 0 Å². The number of aryl methyl sites for hydroxylation is 4. The molecule has 0 N–H and O–H groups in total. The molecule has 5 nitrogen and oxygen atoms in total. The minimum absolute atomic E-state index is 0.0225. The molecule has 6 heteroatoms. The van der Waals surface area contributed by atoms with Crippen LogP contribution in [0.5, 0.6) is 0 Å². The second kappa shape index (κ2) is 5.30. The summed E-state index contributed by atoms with van der Waals surface area (Å²) in [6.45, 7) is 6.77. The van der Waals surface area contributed by atoms with Gasteiger partial charge in [0, 0.05) is 10.6 Å². The second-order valence-corrected chi connectivity index (χ2v) is 7.54. The topological polar surface area (TPSA) is 52.7 Å². The molecule has 0 radical (unpaired) electrons. The van der Waals surface area contributed by atoms with Crippen molar-refractivity contribution in [1.82, 2.24) is 19.3 Å². The van der Waals surface area contributed by atoms with Crippen LogP contribution in [-0.2, 0) is 19.4 Å². The third kappa shape index (κ3) is 2.32. The summed E-state index contributed by atoms with van der Waals surface area (Å²) in [6.07, 6.45) is 4.97. The molecule has 0 spiro atoms. The summed E-state index contributed by atoms with van der Waals surface area (Å²) < 4.78 is 3.73. The predicted molar refractivity (Wildman–Crippen MR) is 92.3 cm³/mol. The molecule has 0 bridgehead atoms. The van der Waals surface area contributed by atoms with E-state index in [4.69, 9.17) is 0 Å². The average molecular weight is 328 g/mol. The van der Waals surface area contributed by atoms with Gasteiger partial charge in [-0.2, -0.15) is 5.10 Å². The maximum atomic E-state index is 13.0. The Morgan fingerprint density at radius 3 is 2.91 bits per heavy atom. The first kappa shape index (κ1) is 14.6. The van der Waals surface area contributed by atoms with Crippen molar-refractivity contribution < 1.29 is 0 Å². The number of nitrogens with zero attached hydrogens (tertiary/aromatic N) is 4. The number of thiophene rings is 1. The van der Waals surface area contributed by atoms with Crippen LogP contribution < -0.4 is 5.56 Å². The maximum Gasteiger partial charge on any atom is 0.262 e. The molecule has 1 aliphatic rings. The van der Waals surface area contributed by atoms with Crippen molar-refractivity contribution >= 4 is 21.6 Å². The zero-order valence-electron chi connectivity index (χ0n) is 13.7. The van der Waals surface area contributed by atoms with E-state index in [0.29, 0.717) is 6.54 Å². The van der Waals surface area contributed by atoms with E-state index in [2.05, 4.69) is 23.1 Å². The molecule has 3 heterocycles. The lowest BCUT2D eigenvalue weighted by molar-refractivity contribution is 0.419. The van der Waals surface area contributed by atoms with Crippen molar-refractivity contribution in [3.05, 3.63) is 44.6 Å². The van der Waals surface area contributed by atoms with Crippen LogP contribution in [0.25, 0.3) is 10.2 Å². The molecular weight excluding hydrogens is 308 g/mol. The summed E-state index contributed by atoms with van der Waals surface area (Å²) in [7, 11) is 0. The van der Waals surface area contributed by atoms with E-state index in [-0.39, 0.29) is 11.6 Å². The Labute approximate surface area is 138 Å². The first-order chi connectivity index (χ1) is 11.0. The quantitative estimate of drug-likeness (QED) is 0.742. The van der Waals surface area contributed by atoms with Gasteiger partial charge in [0.1, 0.15) is 4.83 Å². The zero-order chi connectivity index (χ0) is 16.1. The number of aromatic nitrogens is 4. The van der Waals surface area contributed by atoms with Crippen molar-refractivity contribution in [2.24, 2.45) is 0 Å². The molecule has 0 amide bonds. The highest BCUT2D eigenvalue weighted by Crippen LogP contribution is 2.34. The van der Waals surface area contributed by atoms with Gasteiger partial charge >= 0.3 is 0 Å². The normalized spacial score (nSPS) is 15.3. The highest BCUT2D eigenvalue weighted by Gasteiger charge is 2.22. The van der Waals surface area contributed by atoms with Crippen LogP contribution in [-0.4, -0.2) is 19.3 Å². The molecule has 3 aromatic heterocycles. The summed E-state index contributed by atoms with van der Waals surface area (Å²) in [6, 6.07) is 2.08. The smallest absolute Gasteiger partial charge is 0.262 e. The van der Waals surface area contributed by atoms with Gasteiger partial charge in [0.2, 0.25) is 0 Å². The van der Waals surface area contributed by atoms with Crippen LogP contribution >= 0.6 is 11.3 Å². The lowest BCUT2D eigenvalue weighted by atomic mass is 10.2. The highest BCUT2D eigenvalue weighted by atomic mass is 32.1. The van der Waals surface area contributed by atoms with Crippen molar-refractivity contribution in [3.63, 3.8) is 0 Å². The van der Waals surface area contributed by atoms with Crippen molar-refractivity contribution in [1.29, 1.82) is 0 Å². The van der Waals surface area contributed by atoms with Gasteiger partial charge in [-0.15, -0.1) is 11.3 Å². The van der Waals surface area contributed by atoms with Crippen LogP contribution in [0.2, 0.25) is 0 Å². The first-order valence-corrected chi connectivity index (χ1v) is 8.88. The first-order valence-electron chi connectivity index (χ1n) is 8.07. The molecule has 0 aliphatic heterocycles. The van der Waals surface area contributed by atoms with Crippen LogP contribution in [0.3, 0.4) is 0 Å². The van der Waals surface area contributed by atoms with Gasteiger partial charge in [0.25, 0.3) is 5.56 Å². The number of fused-ring (bicyclic) bond motifs is 3. The van der Waals surface area contributed by atoms with Crippen LogP contribution in [0, 0.1) is 13.8 Å². The third-order valence-electron chi connectivity index (χ3n) is 4.67. The Balaban J connectivity index is 1.75. The van der Waals surface area contributed by atoms with Gasteiger partial charge in [0.05, 0.1) is 30.0 Å². The van der Waals surface area contributed by atoms with E-state index in [1.54, 1.807) is 22.2 Å². The summed E-state index contributed by atoms with van der Waals surface area (Å²) in [5, 5.41) is 5.35. The molecule has 1 atom stereocenters. The monoisotopic (exact) mass is 328 g/mol. The van der Waals surface area contributed by atoms with E-state index < -0.39 is 0 Å². The van der Waals surface area contributed by atoms with Crippen LogP contribution in [0.1, 0.15) is 41.2 Å². The van der Waals surface area contributed by atoms with E-state index in [9.17, 15) is 4.79 Å². The SMILES string of the molecule is Cc1cc(C)n(C[C@@H](C)n2cnc3sc4c(c3c2=O)CCC4)n1. The zero-order valence-corrected chi connectivity index (χ0v) is 14.5. The van der Waals surface area contributed by atoms with Crippen molar-refractivity contribution in [3.8, 4) is 0 Å². The Bertz CT molecular complexity index is 950. The summed E-state index contributed by atoms with van der Waals surface area (Å²) in [5.74, 6) is 0. The van der Waals surface area contributed by atoms with E-state index in [1.165, 1.54) is 10.4 Å². The minimum Gasteiger partial charge on any atom is -0.294 e. The van der Waals surface area contributed by atoms with Gasteiger partial charge < -0.3 is 0 Å². The predicted octanol–water partition coefficient (Wildman–Crippen LogP) is 3.02. The van der Waals surface area contributed by atoms with Gasteiger partial charge in [-0.05, 0) is 51.7 Å². The molecule has 0 unspecified atom stereocenters. The van der Waals surface area contributed by atoms with Crippen molar-refractivity contribution in [2.45, 2.75) is 52.6 Å². The lowest BCUT2D eigenvalue weighted by Gasteiger charge is -2.16. The molecule has 3 aromatic rings. The lowest BCUT2D eigenvalue weighted by Crippen LogP contribution is -2.27. The Morgan fingerprint density at radius 1 is 1.35 bits per heavy atom. The summed E-state index contributed by atoms with van der Waals surface area (Å²) >= 11 is 1.69. The number of rotatable bonds is 3. The van der Waals surface area contributed by atoms with E-state index in [0.717, 1.165) is 40.9 Å². The van der Waals surface area contributed by atoms with Crippen LogP contribution in [0.15, 0.2) is 17.2 Å². The van der Waals surface area contributed by atoms with E-state index in [1.807, 2.05) is 18.5 Å². The molecule has 0 aromatic carbocycles. The van der Waals surface area contributed by atoms with Gasteiger partial charge in [-0.25, -0.2) is 4.98 Å². The Kier molecular flexibility index (Phi) is 3.37. The summed E-state index contributed by atoms with van der Waals surface area (Å²) in [4.78, 5) is 19.8. The second-order valence-electron chi connectivity index (χ2n) is 6.45. The fraction of sp³-hybridized carbons (Fsp3) is 0.471. The molecule has 4 rings (SSSR count). The van der Waals surface area contributed by atoms with Crippen molar-refractivity contribution in [2.75, 3.05) is 0 Å². The standard InChI is InChI=1S/C17H20N4OS/c1-10-7-11(2)21(19-10)8-12(3)20-9-18-16-15(17(20)22)13-5-4-6-14(13)23-16/h7,9,12H,4-6,8H2,1-3H3/t12-/m1/s1. The Morgan fingerprint density at radius 2 is 2.17 bits per heavy atom. The molecule has 23 heavy (non-hydrogen) atoms. The molecular formula is C17H20N4OS. The average Bonchev–Trinajstić information content (AvgIpc) is 3.14. The highest BCUT2D eigenvalue weighted by molar-refractivity contribution is 7.18. The maximum absolute atomic E-state index is 13.0. The van der Waals surface area contributed by atoms with Gasteiger partial charge in [-0.3, -0.25) is 14.0 Å². The molecule has 0 fully saturated rings. The van der Waals surface area contributed by atoms with Gasteiger partial charge in [0.15, 0.2) is 0 Å².